The van der Waals surface area contributed by atoms with Gasteiger partial charge in [-0.2, -0.15) is 0 Å². The molecule has 0 aliphatic rings. The first-order valence-corrected chi connectivity index (χ1v) is 7.82. The van der Waals surface area contributed by atoms with Crippen LogP contribution in [0.5, 0.6) is 0 Å². The van der Waals surface area contributed by atoms with E-state index in [1.807, 2.05) is 32.0 Å². The highest BCUT2D eigenvalue weighted by molar-refractivity contribution is 5.95. The lowest BCUT2D eigenvalue weighted by atomic mass is 10.1. The molecule has 0 aromatic heterocycles. The van der Waals surface area contributed by atoms with E-state index in [0.29, 0.717) is 11.3 Å². The number of ether oxygens (including phenoxy) is 1. The zero-order chi connectivity index (χ0) is 19.1. The summed E-state index contributed by atoms with van der Waals surface area (Å²) in [6.45, 7) is 3.35. The van der Waals surface area contributed by atoms with E-state index in [9.17, 15) is 19.7 Å². The summed E-state index contributed by atoms with van der Waals surface area (Å²) in [6, 6.07) is 11.3. The number of aryl methyl sites for hydroxylation is 2. The fraction of sp³-hybridized carbons (Fsp3) is 0.158. The van der Waals surface area contributed by atoms with Gasteiger partial charge in [0, 0.05) is 23.9 Å². The van der Waals surface area contributed by atoms with Crippen molar-refractivity contribution >= 4 is 29.3 Å². The van der Waals surface area contributed by atoms with Crippen molar-refractivity contribution in [3.63, 3.8) is 0 Å². The number of anilines is 1. The Morgan fingerprint density at radius 2 is 1.73 bits per heavy atom. The lowest BCUT2D eigenvalue weighted by Gasteiger charge is -2.11. The van der Waals surface area contributed by atoms with Gasteiger partial charge >= 0.3 is 5.97 Å². The normalized spacial score (nSPS) is 10.5. The molecule has 2 aromatic carbocycles. The molecule has 0 aliphatic carbocycles. The fourth-order valence-corrected chi connectivity index (χ4v) is 2.24. The quantitative estimate of drug-likeness (QED) is 0.371. The number of non-ortho nitro benzene ring substituents is 1. The number of carbonyl (C=O) groups excluding carboxylic acids is 2. The first kappa shape index (κ1) is 18.9. The largest absolute Gasteiger partial charge is 0.452 e. The number of nitrogens with one attached hydrogen (secondary N) is 1. The number of carbonyl (C=O) groups is 2. The van der Waals surface area contributed by atoms with Crippen LogP contribution in [0, 0.1) is 24.0 Å². The molecular formula is C19H18N2O5. The summed E-state index contributed by atoms with van der Waals surface area (Å²) in [5.41, 5.74) is 3.11. The summed E-state index contributed by atoms with van der Waals surface area (Å²) in [5, 5.41) is 13.3. The Morgan fingerprint density at radius 1 is 1.12 bits per heavy atom. The van der Waals surface area contributed by atoms with Gasteiger partial charge in [-0.3, -0.25) is 14.9 Å². The molecule has 0 aliphatic heterocycles. The highest BCUT2D eigenvalue weighted by atomic mass is 16.6. The van der Waals surface area contributed by atoms with Crippen LogP contribution in [0.25, 0.3) is 6.08 Å². The Balaban J connectivity index is 1.86. The second kappa shape index (κ2) is 8.57. The van der Waals surface area contributed by atoms with Crippen LogP contribution in [-0.4, -0.2) is 23.4 Å². The first-order chi connectivity index (χ1) is 12.4. The molecule has 2 rings (SSSR count). The van der Waals surface area contributed by atoms with E-state index in [1.54, 1.807) is 0 Å². The molecule has 0 spiro atoms. The molecule has 1 N–H and O–H groups in total. The number of nitrogens with zero attached hydrogens (tertiary/aromatic N) is 1. The van der Waals surface area contributed by atoms with Crippen molar-refractivity contribution in [2.24, 2.45) is 0 Å². The maximum Gasteiger partial charge on any atom is 0.331 e. The number of rotatable bonds is 6. The number of esters is 1. The van der Waals surface area contributed by atoms with E-state index in [4.69, 9.17) is 4.74 Å². The van der Waals surface area contributed by atoms with Gasteiger partial charge in [0.25, 0.3) is 11.6 Å². The van der Waals surface area contributed by atoms with Gasteiger partial charge in [-0.25, -0.2) is 4.79 Å². The van der Waals surface area contributed by atoms with Crippen LogP contribution in [0.1, 0.15) is 16.7 Å². The highest BCUT2D eigenvalue weighted by Gasteiger charge is 2.09. The monoisotopic (exact) mass is 354 g/mol. The Hall–Kier alpha value is -3.48. The van der Waals surface area contributed by atoms with Crippen molar-refractivity contribution < 1.29 is 19.2 Å². The molecule has 2 aromatic rings. The van der Waals surface area contributed by atoms with E-state index in [-0.39, 0.29) is 5.69 Å². The van der Waals surface area contributed by atoms with Gasteiger partial charge in [-0.1, -0.05) is 18.2 Å². The summed E-state index contributed by atoms with van der Waals surface area (Å²) in [7, 11) is 0. The first-order valence-electron chi connectivity index (χ1n) is 7.82. The lowest BCUT2D eigenvalue weighted by molar-refractivity contribution is -0.384. The van der Waals surface area contributed by atoms with Crippen LogP contribution in [0.3, 0.4) is 0 Å². The molecule has 0 bridgehead atoms. The molecule has 0 atom stereocenters. The highest BCUT2D eigenvalue weighted by Crippen LogP contribution is 2.19. The zero-order valence-electron chi connectivity index (χ0n) is 14.4. The Bertz CT molecular complexity index is 836. The molecule has 26 heavy (non-hydrogen) atoms. The Kier molecular flexibility index (Phi) is 6.21. The molecule has 0 radical (unpaired) electrons. The van der Waals surface area contributed by atoms with Crippen molar-refractivity contribution in [3.8, 4) is 0 Å². The number of nitro groups is 1. The minimum absolute atomic E-state index is 0.0344. The van der Waals surface area contributed by atoms with Crippen LogP contribution in [0.15, 0.2) is 48.5 Å². The summed E-state index contributed by atoms with van der Waals surface area (Å²) in [6.07, 6.45) is 2.61. The SMILES string of the molecule is Cc1cccc(C)c1NC(=O)COC(=O)/C=C/c1ccc([N+](=O)[O-])cc1. The summed E-state index contributed by atoms with van der Waals surface area (Å²) in [5.74, 6) is -1.11. The molecule has 1 amide bonds. The average Bonchev–Trinajstić information content (AvgIpc) is 2.61. The third-order valence-electron chi connectivity index (χ3n) is 3.61. The number of amides is 1. The lowest BCUT2D eigenvalue weighted by Crippen LogP contribution is -2.21. The minimum Gasteiger partial charge on any atom is -0.452 e. The summed E-state index contributed by atoms with van der Waals surface area (Å²) >= 11 is 0. The molecule has 0 fully saturated rings. The average molecular weight is 354 g/mol. The number of hydrogen-bond donors (Lipinski definition) is 1. The number of benzene rings is 2. The van der Waals surface area contributed by atoms with E-state index in [2.05, 4.69) is 5.32 Å². The zero-order valence-corrected chi connectivity index (χ0v) is 14.4. The predicted molar refractivity (Wildman–Crippen MR) is 97.6 cm³/mol. The molecule has 0 heterocycles. The van der Waals surface area contributed by atoms with E-state index >= 15 is 0 Å². The van der Waals surface area contributed by atoms with Gasteiger partial charge in [0.05, 0.1) is 4.92 Å². The minimum atomic E-state index is -0.681. The standard InChI is InChI=1S/C19H18N2O5/c1-13-4-3-5-14(2)19(13)20-17(22)12-26-18(23)11-8-15-6-9-16(10-7-15)21(24)25/h3-11H,12H2,1-2H3,(H,20,22)/b11-8+. The second-order valence-electron chi connectivity index (χ2n) is 5.60. The van der Waals surface area contributed by atoms with E-state index in [0.717, 1.165) is 17.2 Å². The van der Waals surface area contributed by atoms with E-state index in [1.165, 1.54) is 30.3 Å². The van der Waals surface area contributed by atoms with Gasteiger partial charge in [-0.05, 0) is 48.7 Å². The van der Waals surface area contributed by atoms with Gasteiger partial charge in [-0.15, -0.1) is 0 Å². The maximum atomic E-state index is 11.9. The molecular weight excluding hydrogens is 336 g/mol. The van der Waals surface area contributed by atoms with Gasteiger partial charge in [0.15, 0.2) is 6.61 Å². The molecule has 7 nitrogen and oxygen atoms in total. The van der Waals surface area contributed by atoms with Crippen LogP contribution in [0.2, 0.25) is 0 Å². The third kappa shape index (κ3) is 5.27. The molecule has 134 valence electrons. The van der Waals surface area contributed by atoms with Crippen LogP contribution < -0.4 is 5.32 Å². The Morgan fingerprint density at radius 3 is 2.31 bits per heavy atom. The van der Waals surface area contributed by atoms with Gasteiger partial charge in [0.2, 0.25) is 0 Å². The third-order valence-corrected chi connectivity index (χ3v) is 3.61. The maximum absolute atomic E-state index is 11.9. The van der Waals surface area contributed by atoms with Crippen LogP contribution in [0.4, 0.5) is 11.4 Å². The Labute approximate surface area is 150 Å². The fourth-order valence-electron chi connectivity index (χ4n) is 2.24. The van der Waals surface area contributed by atoms with Gasteiger partial charge in [0.1, 0.15) is 0 Å². The summed E-state index contributed by atoms with van der Waals surface area (Å²) < 4.78 is 4.89. The van der Waals surface area contributed by atoms with Gasteiger partial charge < -0.3 is 10.1 Å². The molecule has 0 unspecified atom stereocenters. The van der Waals surface area contributed by atoms with E-state index < -0.39 is 23.4 Å². The van der Waals surface area contributed by atoms with Crippen molar-refractivity contribution in [2.75, 3.05) is 11.9 Å². The topological polar surface area (TPSA) is 98.5 Å². The number of nitro benzene ring substituents is 1. The van der Waals surface area contributed by atoms with Crippen molar-refractivity contribution in [1.82, 2.24) is 0 Å². The summed E-state index contributed by atoms with van der Waals surface area (Å²) in [4.78, 5) is 33.7. The smallest absolute Gasteiger partial charge is 0.331 e. The van der Waals surface area contributed by atoms with Crippen LogP contribution in [-0.2, 0) is 14.3 Å². The number of hydrogen-bond acceptors (Lipinski definition) is 5. The molecule has 0 saturated carbocycles. The molecule has 0 saturated heterocycles. The predicted octanol–water partition coefficient (Wildman–Crippen LogP) is 3.41. The number of para-hydroxylation sites is 1. The second-order valence-corrected chi connectivity index (χ2v) is 5.60. The van der Waals surface area contributed by atoms with Crippen molar-refractivity contribution in [1.29, 1.82) is 0 Å². The van der Waals surface area contributed by atoms with Crippen molar-refractivity contribution in [3.05, 3.63) is 75.3 Å². The molecule has 7 heteroatoms. The van der Waals surface area contributed by atoms with Crippen LogP contribution >= 0.6 is 0 Å². The van der Waals surface area contributed by atoms with Crippen molar-refractivity contribution in [2.45, 2.75) is 13.8 Å².